The van der Waals surface area contributed by atoms with Crippen molar-refractivity contribution in [2.75, 3.05) is 6.54 Å². The number of hydrogen-bond donors (Lipinski definition) is 3. The summed E-state index contributed by atoms with van der Waals surface area (Å²) < 4.78 is 5.92. The van der Waals surface area contributed by atoms with Gasteiger partial charge in [0.1, 0.15) is 17.1 Å². The van der Waals surface area contributed by atoms with Crippen LogP contribution < -0.4 is 10.9 Å². The van der Waals surface area contributed by atoms with Gasteiger partial charge in [-0.2, -0.15) is 5.10 Å². The van der Waals surface area contributed by atoms with Crippen LogP contribution in [-0.2, 0) is 12.8 Å². The van der Waals surface area contributed by atoms with E-state index < -0.39 is 0 Å². The second-order valence-corrected chi connectivity index (χ2v) is 6.30. The van der Waals surface area contributed by atoms with Gasteiger partial charge in [-0.15, -0.1) is 0 Å². The number of aromatic nitrogens is 4. The molecule has 118 valence electrons. The number of aryl methyl sites for hydroxylation is 2. The average Bonchev–Trinajstić information content (AvgIpc) is 3.26. The fourth-order valence-electron chi connectivity index (χ4n) is 3.72. The van der Waals surface area contributed by atoms with Crippen molar-refractivity contribution < 1.29 is 4.42 Å². The third-order valence-electron chi connectivity index (χ3n) is 4.87. The second kappa shape index (κ2) is 4.79. The summed E-state index contributed by atoms with van der Waals surface area (Å²) in [4.78, 5) is 20.1. The summed E-state index contributed by atoms with van der Waals surface area (Å²) in [6, 6.07) is 0.132. The van der Waals surface area contributed by atoms with E-state index in [1.807, 2.05) is 0 Å². The number of aromatic amines is 2. The standard InChI is InChI=1S/C16H17N5O2/c22-16-14-12(19-15(20-16)11-5-2-6-17-11)8-3-1-4-10-9(7-18-21-10)13(8)23-14/h7,11,17H,1-6H2,(H,18,21)(H,19,20,22)/t11-/m0/s1. The zero-order valence-electron chi connectivity index (χ0n) is 12.6. The SMILES string of the molecule is O=c1[nH]c([C@@H]2CCCN2)nc2c3c(oc12)-c1cn[nH]c1CCC3. The Balaban J connectivity index is 1.76. The quantitative estimate of drug-likeness (QED) is 0.636. The van der Waals surface area contributed by atoms with Crippen LogP contribution >= 0.6 is 0 Å². The summed E-state index contributed by atoms with van der Waals surface area (Å²) >= 11 is 0. The molecule has 2 aliphatic rings. The monoisotopic (exact) mass is 311 g/mol. The molecule has 0 saturated carbocycles. The Morgan fingerprint density at radius 3 is 3.09 bits per heavy atom. The van der Waals surface area contributed by atoms with Crippen molar-refractivity contribution >= 4 is 11.1 Å². The lowest BCUT2D eigenvalue weighted by molar-refractivity contribution is 0.595. The van der Waals surface area contributed by atoms with Gasteiger partial charge in [-0.1, -0.05) is 0 Å². The molecule has 1 atom stereocenters. The van der Waals surface area contributed by atoms with Crippen molar-refractivity contribution in [2.45, 2.75) is 38.1 Å². The smallest absolute Gasteiger partial charge is 0.294 e. The van der Waals surface area contributed by atoms with Crippen molar-refractivity contribution in [3.63, 3.8) is 0 Å². The summed E-state index contributed by atoms with van der Waals surface area (Å²) in [7, 11) is 0. The van der Waals surface area contributed by atoms with E-state index in [4.69, 9.17) is 9.40 Å². The van der Waals surface area contributed by atoms with Crippen LogP contribution in [0.3, 0.4) is 0 Å². The number of hydrogen-bond acceptors (Lipinski definition) is 5. The zero-order chi connectivity index (χ0) is 15.4. The first-order chi connectivity index (χ1) is 11.3. The van der Waals surface area contributed by atoms with E-state index in [-0.39, 0.29) is 11.6 Å². The minimum atomic E-state index is -0.197. The van der Waals surface area contributed by atoms with Gasteiger partial charge >= 0.3 is 0 Å². The Labute approximate surface area is 131 Å². The van der Waals surface area contributed by atoms with Crippen molar-refractivity contribution in [1.82, 2.24) is 25.5 Å². The molecule has 0 aromatic carbocycles. The molecule has 1 fully saturated rings. The minimum absolute atomic E-state index is 0.132. The second-order valence-electron chi connectivity index (χ2n) is 6.30. The van der Waals surface area contributed by atoms with Crippen LogP contribution in [0.4, 0.5) is 0 Å². The van der Waals surface area contributed by atoms with Crippen molar-refractivity contribution in [2.24, 2.45) is 0 Å². The number of furan rings is 1. The first-order valence-corrected chi connectivity index (χ1v) is 8.13. The van der Waals surface area contributed by atoms with Crippen LogP contribution in [0, 0.1) is 0 Å². The Kier molecular flexibility index (Phi) is 2.72. The van der Waals surface area contributed by atoms with Crippen LogP contribution in [0.1, 0.15) is 42.4 Å². The summed E-state index contributed by atoms with van der Waals surface area (Å²) in [6.45, 7) is 0.967. The third-order valence-corrected chi connectivity index (χ3v) is 4.87. The molecule has 1 aliphatic heterocycles. The van der Waals surface area contributed by atoms with Gasteiger partial charge < -0.3 is 14.7 Å². The van der Waals surface area contributed by atoms with E-state index in [0.29, 0.717) is 11.1 Å². The lowest BCUT2D eigenvalue weighted by atomic mass is 10.1. The molecule has 5 rings (SSSR count). The Morgan fingerprint density at radius 1 is 1.26 bits per heavy atom. The molecule has 4 heterocycles. The molecule has 7 heteroatoms. The van der Waals surface area contributed by atoms with Gasteiger partial charge in [-0.25, -0.2) is 4.98 Å². The van der Waals surface area contributed by atoms with E-state index in [1.54, 1.807) is 6.20 Å². The molecule has 1 saturated heterocycles. The first-order valence-electron chi connectivity index (χ1n) is 8.13. The molecule has 0 unspecified atom stereocenters. The van der Waals surface area contributed by atoms with Gasteiger partial charge in [-0.05, 0) is 38.6 Å². The van der Waals surface area contributed by atoms with Crippen LogP contribution in [-0.4, -0.2) is 26.7 Å². The summed E-state index contributed by atoms with van der Waals surface area (Å²) in [5.41, 5.74) is 3.89. The lowest BCUT2D eigenvalue weighted by Gasteiger charge is -2.08. The van der Waals surface area contributed by atoms with Crippen molar-refractivity contribution in [3.8, 4) is 11.3 Å². The van der Waals surface area contributed by atoms with Gasteiger partial charge in [0.2, 0.25) is 5.58 Å². The molecule has 23 heavy (non-hydrogen) atoms. The van der Waals surface area contributed by atoms with E-state index in [2.05, 4.69) is 20.5 Å². The molecule has 7 nitrogen and oxygen atoms in total. The molecule has 3 aromatic heterocycles. The summed E-state index contributed by atoms with van der Waals surface area (Å²) in [5, 5.41) is 10.5. The summed E-state index contributed by atoms with van der Waals surface area (Å²) in [5.74, 6) is 1.47. The highest BCUT2D eigenvalue weighted by Gasteiger charge is 2.27. The van der Waals surface area contributed by atoms with E-state index in [0.717, 1.165) is 67.1 Å². The van der Waals surface area contributed by atoms with Gasteiger partial charge in [0, 0.05) is 11.3 Å². The lowest BCUT2D eigenvalue weighted by Crippen LogP contribution is -2.20. The van der Waals surface area contributed by atoms with Gasteiger partial charge in [0.25, 0.3) is 5.56 Å². The third kappa shape index (κ3) is 1.89. The zero-order valence-corrected chi connectivity index (χ0v) is 12.6. The molecule has 3 N–H and O–H groups in total. The number of nitrogens with zero attached hydrogens (tertiary/aromatic N) is 2. The van der Waals surface area contributed by atoms with Crippen LogP contribution in [0.5, 0.6) is 0 Å². The number of rotatable bonds is 1. The first kappa shape index (κ1) is 13.1. The number of fused-ring (bicyclic) bond motifs is 5. The minimum Gasteiger partial charge on any atom is -0.448 e. The van der Waals surface area contributed by atoms with Crippen LogP contribution in [0.25, 0.3) is 22.4 Å². The van der Waals surface area contributed by atoms with Gasteiger partial charge in [0.15, 0.2) is 0 Å². The van der Waals surface area contributed by atoms with E-state index in [9.17, 15) is 4.79 Å². The van der Waals surface area contributed by atoms with Gasteiger partial charge in [-0.3, -0.25) is 9.89 Å². The normalized spacial score (nSPS) is 20.4. The summed E-state index contributed by atoms with van der Waals surface area (Å²) in [6.07, 6.45) is 6.66. The van der Waals surface area contributed by atoms with Crippen LogP contribution in [0.2, 0.25) is 0 Å². The fraction of sp³-hybridized carbons (Fsp3) is 0.438. The van der Waals surface area contributed by atoms with E-state index >= 15 is 0 Å². The topological polar surface area (TPSA) is 99.6 Å². The maximum Gasteiger partial charge on any atom is 0.294 e. The number of nitrogens with one attached hydrogen (secondary N) is 3. The molecule has 0 amide bonds. The maximum atomic E-state index is 12.5. The molecule has 0 bridgehead atoms. The highest BCUT2D eigenvalue weighted by atomic mass is 16.3. The Hall–Kier alpha value is -2.41. The van der Waals surface area contributed by atoms with Gasteiger partial charge in [0.05, 0.1) is 17.8 Å². The Morgan fingerprint density at radius 2 is 2.22 bits per heavy atom. The van der Waals surface area contributed by atoms with Crippen molar-refractivity contribution in [1.29, 1.82) is 0 Å². The average molecular weight is 311 g/mol. The largest absolute Gasteiger partial charge is 0.448 e. The molecular weight excluding hydrogens is 294 g/mol. The Bertz CT molecular complexity index is 945. The molecule has 0 radical (unpaired) electrons. The molecular formula is C16H17N5O2. The fourth-order valence-corrected chi connectivity index (χ4v) is 3.72. The predicted octanol–water partition coefficient (Wildman–Crippen LogP) is 1.82. The molecule has 1 aliphatic carbocycles. The maximum absolute atomic E-state index is 12.5. The van der Waals surface area contributed by atoms with Crippen molar-refractivity contribution in [3.05, 3.63) is 33.6 Å². The number of H-pyrrole nitrogens is 2. The predicted molar refractivity (Wildman–Crippen MR) is 84.2 cm³/mol. The van der Waals surface area contributed by atoms with Crippen LogP contribution in [0.15, 0.2) is 15.4 Å². The molecule has 3 aromatic rings. The molecule has 0 spiro atoms. The highest BCUT2D eigenvalue weighted by Crippen LogP contribution is 2.36. The highest BCUT2D eigenvalue weighted by molar-refractivity contribution is 5.85. The van der Waals surface area contributed by atoms with E-state index in [1.165, 1.54) is 0 Å².